The topological polar surface area (TPSA) is 54.8 Å². The third kappa shape index (κ3) is 3.13. The molecule has 0 amide bonds. The van der Waals surface area contributed by atoms with Crippen molar-refractivity contribution in [1.82, 2.24) is 19.9 Å². The summed E-state index contributed by atoms with van der Waals surface area (Å²) in [4.78, 5) is 20.0. The van der Waals surface area contributed by atoms with Crippen LogP contribution < -0.4 is 4.90 Å². The minimum absolute atomic E-state index is 0.244. The number of hydrogen-bond acceptors (Lipinski definition) is 6. The quantitative estimate of drug-likeness (QED) is 0.867. The third-order valence-corrected chi connectivity index (χ3v) is 3.87. The first-order valence-corrected chi connectivity index (χ1v) is 7.25. The van der Waals surface area contributed by atoms with Crippen LogP contribution >= 0.6 is 23.4 Å². The Bertz CT molecular complexity index is 559. The molecule has 0 aliphatic carbocycles. The Morgan fingerprint density at radius 2 is 1.79 bits per heavy atom. The molecule has 0 N–H and O–H groups in total. The van der Waals surface area contributed by atoms with Gasteiger partial charge in [-0.3, -0.25) is 4.98 Å². The highest BCUT2D eigenvalue weighted by atomic mass is 35.5. The number of aromatic nitrogens is 4. The molecule has 0 atom stereocenters. The highest BCUT2D eigenvalue weighted by molar-refractivity contribution is 7.99. The number of pyridine rings is 1. The van der Waals surface area contributed by atoms with Crippen LogP contribution in [0.1, 0.15) is 12.8 Å². The molecular formula is C12H12ClN5S. The molecule has 0 unspecified atom stereocenters. The maximum absolute atomic E-state index is 5.98. The van der Waals surface area contributed by atoms with Crippen LogP contribution in [0.3, 0.4) is 0 Å². The second-order valence-electron chi connectivity index (χ2n) is 4.17. The first-order chi connectivity index (χ1) is 9.31. The Labute approximate surface area is 120 Å². The van der Waals surface area contributed by atoms with Crippen LogP contribution in [0.2, 0.25) is 5.28 Å². The maximum Gasteiger partial charge on any atom is 0.230 e. The molecule has 1 aliphatic rings. The standard InChI is InChI=1S/C12H12ClN5S/c13-10-15-11(18-7-1-2-8-18)17-12(16-10)19-9-3-5-14-6-4-9/h3-6H,1-2,7-8H2. The molecule has 3 heterocycles. The lowest BCUT2D eigenvalue weighted by atomic mass is 10.4. The second kappa shape index (κ2) is 5.71. The van der Waals surface area contributed by atoms with Crippen molar-refractivity contribution in [3.63, 3.8) is 0 Å². The predicted molar refractivity (Wildman–Crippen MR) is 74.6 cm³/mol. The normalized spacial score (nSPS) is 14.9. The average Bonchev–Trinajstić information content (AvgIpc) is 2.93. The fraction of sp³-hybridized carbons (Fsp3) is 0.333. The summed E-state index contributed by atoms with van der Waals surface area (Å²) in [5, 5.41) is 0.863. The second-order valence-corrected chi connectivity index (χ2v) is 5.54. The number of hydrogen-bond donors (Lipinski definition) is 0. The fourth-order valence-electron chi connectivity index (χ4n) is 1.94. The first kappa shape index (κ1) is 12.6. The lowest BCUT2D eigenvalue weighted by Crippen LogP contribution is -2.21. The van der Waals surface area contributed by atoms with Gasteiger partial charge in [0, 0.05) is 30.4 Å². The fourth-order valence-corrected chi connectivity index (χ4v) is 2.87. The van der Waals surface area contributed by atoms with Crippen LogP contribution in [0.15, 0.2) is 34.6 Å². The van der Waals surface area contributed by atoms with Crippen LogP contribution in [0.5, 0.6) is 0 Å². The first-order valence-electron chi connectivity index (χ1n) is 6.06. The molecule has 1 fully saturated rings. The van der Waals surface area contributed by atoms with E-state index in [-0.39, 0.29) is 5.28 Å². The Morgan fingerprint density at radius 3 is 2.53 bits per heavy atom. The molecule has 2 aromatic heterocycles. The van der Waals surface area contributed by atoms with Crippen molar-refractivity contribution in [2.75, 3.05) is 18.0 Å². The zero-order chi connectivity index (χ0) is 13.1. The van der Waals surface area contributed by atoms with Gasteiger partial charge >= 0.3 is 0 Å². The molecule has 0 bridgehead atoms. The summed E-state index contributed by atoms with van der Waals surface area (Å²) >= 11 is 7.44. The van der Waals surface area contributed by atoms with Crippen LogP contribution in [-0.4, -0.2) is 33.0 Å². The SMILES string of the molecule is Clc1nc(Sc2ccncc2)nc(N2CCCC2)n1. The lowest BCUT2D eigenvalue weighted by Gasteiger charge is -2.15. The molecule has 98 valence electrons. The van der Waals surface area contributed by atoms with Crippen molar-refractivity contribution in [2.24, 2.45) is 0 Å². The molecule has 5 nitrogen and oxygen atoms in total. The number of anilines is 1. The van der Waals surface area contributed by atoms with Gasteiger partial charge in [0.25, 0.3) is 0 Å². The van der Waals surface area contributed by atoms with E-state index >= 15 is 0 Å². The number of nitrogens with zero attached hydrogens (tertiary/aromatic N) is 5. The molecule has 0 radical (unpaired) electrons. The van der Waals surface area contributed by atoms with E-state index in [1.165, 1.54) is 24.6 Å². The molecule has 19 heavy (non-hydrogen) atoms. The van der Waals surface area contributed by atoms with Gasteiger partial charge in [-0.25, -0.2) is 0 Å². The summed E-state index contributed by atoms with van der Waals surface area (Å²) in [6.45, 7) is 1.97. The van der Waals surface area contributed by atoms with E-state index in [1.807, 2.05) is 12.1 Å². The van der Waals surface area contributed by atoms with E-state index < -0.39 is 0 Å². The van der Waals surface area contributed by atoms with E-state index in [2.05, 4.69) is 24.8 Å². The van der Waals surface area contributed by atoms with E-state index in [9.17, 15) is 0 Å². The Morgan fingerprint density at radius 1 is 1.05 bits per heavy atom. The molecule has 0 saturated carbocycles. The van der Waals surface area contributed by atoms with E-state index in [1.54, 1.807) is 12.4 Å². The summed E-state index contributed by atoms with van der Waals surface area (Å²) in [6, 6.07) is 3.83. The zero-order valence-electron chi connectivity index (χ0n) is 10.2. The number of halogens is 1. The van der Waals surface area contributed by atoms with Crippen molar-refractivity contribution in [3.05, 3.63) is 29.8 Å². The molecule has 0 spiro atoms. The maximum atomic E-state index is 5.98. The molecule has 0 aromatic carbocycles. The van der Waals surface area contributed by atoms with Gasteiger partial charge in [-0.05, 0) is 48.3 Å². The summed E-state index contributed by atoms with van der Waals surface area (Å²) in [5.74, 6) is 0.675. The Hall–Kier alpha value is -1.40. The molecule has 1 aliphatic heterocycles. The highest BCUT2D eigenvalue weighted by Gasteiger charge is 2.17. The van der Waals surface area contributed by atoms with Crippen molar-refractivity contribution in [2.45, 2.75) is 22.9 Å². The van der Waals surface area contributed by atoms with Gasteiger partial charge in [0.05, 0.1) is 0 Å². The lowest BCUT2D eigenvalue weighted by molar-refractivity contribution is 0.826. The van der Waals surface area contributed by atoms with Gasteiger partial charge in [-0.1, -0.05) is 0 Å². The monoisotopic (exact) mass is 293 g/mol. The zero-order valence-corrected chi connectivity index (χ0v) is 11.7. The third-order valence-electron chi connectivity index (χ3n) is 2.82. The van der Waals surface area contributed by atoms with Crippen LogP contribution in [0, 0.1) is 0 Å². The van der Waals surface area contributed by atoms with Gasteiger partial charge in [0.15, 0.2) is 5.16 Å². The van der Waals surface area contributed by atoms with Crippen LogP contribution in [0.4, 0.5) is 5.95 Å². The Kier molecular flexibility index (Phi) is 3.79. The van der Waals surface area contributed by atoms with Gasteiger partial charge in [-0.2, -0.15) is 15.0 Å². The van der Waals surface area contributed by atoms with Crippen molar-refractivity contribution in [3.8, 4) is 0 Å². The minimum atomic E-state index is 0.244. The van der Waals surface area contributed by atoms with Gasteiger partial charge in [-0.15, -0.1) is 0 Å². The minimum Gasteiger partial charge on any atom is -0.341 e. The molecule has 3 rings (SSSR count). The van der Waals surface area contributed by atoms with Gasteiger partial charge < -0.3 is 4.90 Å². The average molecular weight is 294 g/mol. The summed E-state index contributed by atoms with van der Waals surface area (Å²) in [7, 11) is 0. The van der Waals surface area contributed by atoms with Crippen molar-refractivity contribution >= 4 is 29.3 Å². The highest BCUT2D eigenvalue weighted by Crippen LogP contribution is 2.26. The summed E-state index contributed by atoms with van der Waals surface area (Å²) in [5.41, 5.74) is 0. The summed E-state index contributed by atoms with van der Waals surface area (Å²) < 4.78 is 0. The summed E-state index contributed by atoms with van der Waals surface area (Å²) in [6.07, 6.45) is 5.84. The van der Waals surface area contributed by atoms with E-state index in [0.717, 1.165) is 18.0 Å². The van der Waals surface area contributed by atoms with Gasteiger partial charge in [0.1, 0.15) is 0 Å². The molecule has 1 saturated heterocycles. The molecule has 7 heteroatoms. The largest absolute Gasteiger partial charge is 0.341 e. The van der Waals surface area contributed by atoms with Crippen molar-refractivity contribution < 1.29 is 0 Å². The number of rotatable bonds is 3. The van der Waals surface area contributed by atoms with E-state index in [0.29, 0.717) is 11.1 Å². The van der Waals surface area contributed by atoms with Crippen LogP contribution in [-0.2, 0) is 0 Å². The predicted octanol–water partition coefficient (Wildman–Crippen LogP) is 2.67. The Balaban J connectivity index is 1.85. The smallest absolute Gasteiger partial charge is 0.230 e. The van der Waals surface area contributed by atoms with Crippen molar-refractivity contribution in [1.29, 1.82) is 0 Å². The molecule has 2 aromatic rings. The van der Waals surface area contributed by atoms with Crippen LogP contribution in [0.25, 0.3) is 0 Å². The van der Waals surface area contributed by atoms with Gasteiger partial charge in [0.2, 0.25) is 11.2 Å². The molecular weight excluding hydrogens is 282 g/mol. The van der Waals surface area contributed by atoms with E-state index in [4.69, 9.17) is 11.6 Å².